The minimum absolute atomic E-state index is 0.412. The van der Waals surface area contributed by atoms with Gasteiger partial charge in [-0.15, -0.1) is 0 Å². The standard InChI is InChI=1S/C25H20ClN7O2/c1-17-14-24(33(31-17)22-8-4-2-6-20(22)26)35-23-9-5-3-7-21(23)30-25(34)29-18-10-12-19(13-11-18)32-16-27-15-28-32/h2-16H,1H3,(H2,29,30,34). The van der Waals surface area contributed by atoms with Crippen LogP contribution in [0.4, 0.5) is 16.2 Å². The van der Waals surface area contributed by atoms with Gasteiger partial charge in [-0.3, -0.25) is 0 Å². The first kappa shape index (κ1) is 22.2. The number of halogens is 1. The van der Waals surface area contributed by atoms with E-state index in [1.54, 1.807) is 52.1 Å². The monoisotopic (exact) mass is 485 g/mol. The van der Waals surface area contributed by atoms with Crippen molar-refractivity contribution in [2.24, 2.45) is 0 Å². The summed E-state index contributed by atoms with van der Waals surface area (Å²) in [6, 6.07) is 23.1. The smallest absolute Gasteiger partial charge is 0.323 e. The molecular weight excluding hydrogens is 466 g/mol. The number of hydrogen-bond acceptors (Lipinski definition) is 5. The second-order valence-electron chi connectivity index (χ2n) is 7.55. The van der Waals surface area contributed by atoms with Crippen LogP contribution in [0.5, 0.6) is 11.6 Å². The van der Waals surface area contributed by atoms with Crippen LogP contribution in [0.1, 0.15) is 5.69 Å². The maximum Gasteiger partial charge on any atom is 0.323 e. The van der Waals surface area contributed by atoms with Crippen molar-refractivity contribution in [2.45, 2.75) is 6.92 Å². The van der Waals surface area contributed by atoms with Crippen molar-refractivity contribution in [2.75, 3.05) is 10.6 Å². The maximum absolute atomic E-state index is 12.7. The van der Waals surface area contributed by atoms with Crippen molar-refractivity contribution in [1.82, 2.24) is 24.5 Å². The van der Waals surface area contributed by atoms with Crippen molar-refractivity contribution in [1.29, 1.82) is 0 Å². The van der Waals surface area contributed by atoms with E-state index in [4.69, 9.17) is 16.3 Å². The molecular formula is C25H20ClN7O2. The fraction of sp³-hybridized carbons (Fsp3) is 0.0400. The molecule has 0 bridgehead atoms. The number of carbonyl (C=O) groups is 1. The van der Waals surface area contributed by atoms with Crippen LogP contribution in [0, 0.1) is 6.92 Å². The molecule has 0 spiro atoms. The summed E-state index contributed by atoms with van der Waals surface area (Å²) in [5.41, 5.74) is 3.40. The van der Waals surface area contributed by atoms with Crippen LogP contribution >= 0.6 is 11.6 Å². The topological polar surface area (TPSA) is 98.9 Å². The number of urea groups is 1. The van der Waals surface area contributed by atoms with Crippen LogP contribution in [-0.4, -0.2) is 30.6 Å². The number of rotatable bonds is 6. The molecule has 0 aliphatic rings. The highest BCUT2D eigenvalue weighted by molar-refractivity contribution is 6.32. The van der Waals surface area contributed by atoms with Gasteiger partial charge in [-0.05, 0) is 55.5 Å². The zero-order valence-corrected chi connectivity index (χ0v) is 19.3. The molecule has 0 fully saturated rings. The predicted molar refractivity (Wildman–Crippen MR) is 134 cm³/mol. The first-order valence-corrected chi connectivity index (χ1v) is 11.1. The van der Waals surface area contributed by atoms with E-state index < -0.39 is 6.03 Å². The van der Waals surface area contributed by atoms with E-state index in [1.165, 1.54) is 6.33 Å². The molecule has 0 atom stereocenters. The molecule has 0 unspecified atom stereocenters. The summed E-state index contributed by atoms with van der Waals surface area (Å²) in [5.74, 6) is 0.923. The predicted octanol–water partition coefficient (Wildman–Crippen LogP) is 5.85. The number of ether oxygens (including phenoxy) is 1. The van der Waals surface area contributed by atoms with Crippen molar-refractivity contribution >= 4 is 29.0 Å². The number of aryl methyl sites for hydroxylation is 1. The van der Waals surface area contributed by atoms with E-state index in [2.05, 4.69) is 25.8 Å². The molecule has 0 saturated carbocycles. The number of nitrogens with one attached hydrogen (secondary N) is 2. The lowest BCUT2D eigenvalue weighted by Crippen LogP contribution is -2.19. The molecule has 2 aromatic heterocycles. The number of benzene rings is 3. The van der Waals surface area contributed by atoms with Gasteiger partial charge in [0.2, 0.25) is 5.88 Å². The van der Waals surface area contributed by atoms with Crippen LogP contribution in [0.25, 0.3) is 11.4 Å². The Bertz CT molecular complexity index is 1460. The number of aromatic nitrogens is 5. The van der Waals surface area contributed by atoms with Crippen molar-refractivity contribution in [3.05, 3.63) is 102 Å². The van der Waals surface area contributed by atoms with Gasteiger partial charge in [-0.2, -0.15) is 14.9 Å². The third-order valence-electron chi connectivity index (χ3n) is 5.04. The molecule has 35 heavy (non-hydrogen) atoms. The van der Waals surface area contributed by atoms with Crippen molar-refractivity contribution in [3.8, 4) is 23.0 Å². The van der Waals surface area contributed by atoms with E-state index >= 15 is 0 Å². The van der Waals surface area contributed by atoms with Gasteiger partial charge in [0.15, 0.2) is 5.75 Å². The minimum Gasteiger partial charge on any atom is -0.437 e. The van der Waals surface area contributed by atoms with E-state index in [0.717, 1.165) is 11.4 Å². The lowest BCUT2D eigenvalue weighted by Gasteiger charge is -2.14. The second-order valence-corrected chi connectivity index (χ2v) is 7.96. The summed E-state index contributed by atoms with van der Waals surface area (Å²) in [5, 5.41) is 14.8. The first-order chi connectivity index (χ1) is 17.1. The van der Waals surface area contributed by atoms with E-state index in [0.29, 0.717) is 33.7 Å². The Morgan fingerprint density at radius 3 is 2.51 bits per heavy atom. The van der Waals surface area contributed by atoms with Gasteiger partial charge in [-0.1, -0.05) is 35.9 Å². The number of amides is 2. The largest absolute Gasteiger partial charge is 0.437 e. The number of nitrogens with zero attached hydrogens (tertiary/aromatic N) is 5. The van der Waals surface area contributed by atoms with Gasteiger partial charge in [0.05, 0.1) is 27.8 Å². The Labute approximate surface area is 206 Å². The SMILES string of the molecule is Cc1cc(Oc2ccccc2NC(=O)Nc2ccc(-n3cncn3)cc2)n(-c2ccccc2Cl)n1. The fourth-order valence-electron chi connectivity index (χ4n) is 3.44. The summed E-state index contributed by atoms with van der Waals surface area (Å²) in [6.07, 6.45) is 3.06. The number of anilines is 2. The average molecular weight is 486 g/mol. The highest BCUT2D eigenvalue weighted by atomic mass is 35.5. The Kier molecular flexibility index (Phi) is 6.15. The van der Waals surface area contributed by atoms with Crippen LogP contribution in [0.2, 0.25) is 5.02 Å². The second kappa shape index (κ2) is 9.70. The lowest BCUT2D eigenvalue weighted by molar-refractivity contribution is 0.262. The molecule has 0 saturated heterocycles. The maximum atomic E-state index is 12.7. The van der Waals surface area contributed by atoms with Gasteiger partial charge in [0.1, 0.15) is 12.7 Å². The molecule has 5 rings (SSSR count). The number of carbonyl (C=O) groups excluding carboxylic acids is 1. The quantitative estimate of drug-likeness (QED) is 0.314. The summed E-state index contributed by atoms with van der Waals surface area (Å²) in [4.78, 5) is 16.6. The van der Waals surface area contributed by atoms with Crippen LogP contribution < -0.4 is 15.4 Å². The van der Waals surface area contributed by atoms with E-state index in [9.17, 15) is 4.79 Å². The third-order valence-corrected chi connectivity index (χ3v) is 5.36. The number of para-hydroxylation sites is 3. The molecule has 0 aliphatic heterocycles. The van der Waals surface area contributed by atoms with Crippen LogP contribution in [-0.2, 0) is 0 Å². The summed E-state index contributed by atoms with van der Waals surface area (Å²) in [7, 11) is 0. The zero-order valence-electron chi connectivity index (χ0n) is 18.6. The zero-order chi connectivity index (χ0) is 24.2. The van der Waals surface area contributed by atoms with Gasteiger partial charge >= 0.3 is 6.03 Å². The van der Waals surface area contributed by atoms with Gasteiger partial charge < -0.3 is 15.4 Å². The summed E-state index contributed by atoms with van der Waals surface area (Å²) in [6.45, 7) is 1.87. The van der Waals surface area contributed by atoms with Gasteiger partial charge in [0, 0.05) is 11.8 Å². The normalized spacial score (nSPS) is 10.7. The molecule has 2 amide bonds. The number of hydrogen-bond donors (Lipinski definition) is 2. The molecule has 10 heteroatoms. The lowest BCUT2D eigenvalue weighted by atomic mass is 10.3. The molecule has 0 aliphatic carbocycles. The Morgan fingerprint density at radius 1 is 0.971 bits per heavy atom. The Hall–Kier alpha value is -4.63. The highest BCUT2D eigenvalue weighted by Gasteiger charge is 2.15. The molecule has 174 valence electrons. The third kappa shape index (κ3) is 4.99. The molecule has 9 nitrogen and oxygen atoms in total. The summed E-state index contributed by atoms with van der Waals surface area (Å²) < 4.78 is 9.42. The van der Waals surface area contributed by atoms with Crippen LogP contribution in [0.3, 0.4) is 0 Å². The minimum atomic E-state index is -0.412. The van der Waals surface area contributed by atoms with E-state index in [1.807, 2.05) is 49.4 Å². The molecule has 2 N–H and O–H groups in total. The average Bonchev–Trinajstić information content (AvgIpc) is 3.51. The Balaban J connectivity index is 1.32. The molecule has 0 radical (unpaired) electrons. The van der Waals surface area contributed by atoms with Gasteiger partial charge in [0.25, 0.3) is 0 Å². The highest BCUT2D eigenvalue weighted by Crippen LogP contribution is 2.32. The first-order valence-electron chi connectivity index (χ1n) is 10.7. The van der Waals surface area contributed by atoms with Gasteiger partial charge in [-0.25, -0.2) is 14.5 Å². The fourth-order valence-corrected chi connectivity index (χ4v) is 3.66. The van der Waals surface area contributed by atoms with Crippen LogP contribution in [0.15, 0.2) is 91.5 Å². The molecule has 3 aromatic carbocycles. The van der Waals surface area contributed by atoms with Crippen molar-refractivity contribution < 1.29 is 9.53 Å². The summed E-state index contributed by atoms with van der Waals surface area (Å²) >= 11 is 6.37. The van der Waals surface area contributed by atoms with Crippen molar-refractivity contribution in [3.63, 3.8) is 0 Å². The molecule has 2 heterocycles. The molecule has 5 aromatic rings. The Morgan fingerprint density at radius 2 is 1.74 bits per heavy atom. The van der Waals surface area contributed by atoms with E-state index in [-0.39, 0.29) is 0 Å².